The maximum Gasteiger partial charge on any atom is 0.183 e. The van der Waals surface area contributed by atoms with E-state index in [4.69, 9.17) is 11.6 Å². The third-order valence-corrected chi connectivity index (χ3v) is 6.46. The lowest BCUT2D eigenvalue weighted by molar-refractivity contribution is -0.121. The Morgan fingerprint density at radius 3 is 2.74 bits per heavy atom. The molecule has 19 heavy (non-hydrogen) atoms. The normalized spacial score (nSPS) is 36.9. The monoisotopic (exact) mass is 299 g/mol. The highest BCUT2D eigenvalue weighted by Crippen LogP contribution is 2.42. The first-order valence-corrected chi connectivity index (χ1v) is 8.82. The maximum atomic E-state index is 12.7. The number of carbonyl (C=O) groups is 1. The number of piperidine rings is 1. The second-order valence-electron chi connectivity index (χ2n) is 6.23. The second kappa shape index (κ2) is 5.69. The van der Waals surface area contributed by atoms with Crippen LogP contribution in [0.2, 0.25) is 0 Å². The SMILES string of the molecule is CC1CCN(C2=CSC3CCC(Cl)CC3C2=O)CC1. The lowest BCUT2D eigenvalue weighted by Crippen LogP contribution is -2.43. The van der Waals surface area contributed by atoms with Crippen LogP contribution < -0.4 is 0 Å². The molecule has 4 heteroatoms. The first-order valence-electron chi connectivity index (χ1n) is 7.44. The lowest BCUT2D eigenvalue weighted by atomic mass is 9.83. The number of nitrogens with zero attached hydrogens (tertiary/aromatic N) is 1. The molecular weight excluding hydrogens is 278 g/mol. The highest BCUT2D eigenvalue weighted by atomic mass is 35.5. The summed E-state index contributed by atoms with van der Waals surface area (Å²) in [6, 6.07) is 0. The molecule has 2 fully saturated rings. The second-order valence-corrected chi connectivity index (χ2v) is 7.96. The number of alkyl halides is 1. The van der Waals surface area contributed by atoms with Crippen molar-refractivity contribution < 1.29 is 4.79 Å². The lowest BCUT2D eigenvalue weighted by Gasteiger charge is -2.40. The first-order chi connectivity index (χ1) is 9.15. The minimum absolute atomic E-state index is 0.167. The average Bonchev–Trinajstić information content (AvgIpc) is 2.41. The quantitative estimate of drug-likeness (QED) is 0.689. The van der Waals surface area contributed by atoms with Gasteiger partial charge < -0.3 is 4.90 Å². The zero-order valence-corrected chi connectivity index (χ0v) is 13.1. The molecule has 0 amide bonds. The number of allylic oxidation sites excluding steroid dienone is 1. The van der Waals surface area contributed by atoms with E-state index in [2.05, 4.69) is 17.2 Å². The molecule has 0 bridgehead atoms. The molecular formula is C15H22ClNOS. The summed E-state index contributed by atoms with van der Waals surface area (Å²) in [5.74, 6) is 1.34. The average molecular weight is 300 g/mol. The van der Waals surface area contributed by atoms with Crippen LogP contribution in [0.5, 0.6) is 0 Å². The van der Waals surface area contributed by atoms with Gasteiger partial charge in [-0.25, -0.2) is 0 Å². The minimum Gasteiger partial charge on any atom is -0.368 e. The summed E-state index contributed by atoms with van der Waals surface area (Å²) in [4.78, 5) is 15.0. The number of thioether (sulfide) groups is 1. The third-order valence-electron chi connectivity index (χ3n) is 4.79. The van der Waals surface area contributed by atoms with Gasteiger partial charge in [-0.1, -0.05) is 6.92 Å². The van der Waals surface area contributed by atoms with E-state index in [1.165, 1.54) is 12.8 Å². The van der Waals surface area contributed by atoms with Crippen molar-refractivity contribution in [3.05, 3.63) is 11.1 Å². The molecule has 2 heterocycles. The fourth-order valence-electron chi connectivity index (χ4n) is 3.41. The molecule has 106 valence electrons. The van der Waals surface area contributed by atoms with Crippen molar-refractivity contribution in [2.45, 2.75) is 49.7 Å². The number of hydrogen-bond donors (Lipinski definition) is 0. The summed E-state index contributed by atoms with van der Waals surface area (Å²) in [7, 11) is 0. The van der Waals surface area contributed by atoms with Gasteiger partial charge in [0.15, 0.2) is 5.78 Å². The summed E-state index contributed by atoms with van der Waals surface area (Å²) in [6.07, 6.45) is 5.45. The van der Waals surface area contributed by atoms with Crippen LogP contribution in [0, 0.1) is 11.8 Å². The zero-order chi connectivity index (χ0) is 13.4. The van der Waals surface area contributed by atoms with E-state index in [9.17, 15) is 4.79 Å². The molecule has 0 aromatic carbocycles. The summed E-state index contributed by atoms with van der Waals surface area (Å²) in [5, 5.41) is 2.81. The number of fused-ring (bicyclic) bond motifs is 1. The van der Waals surface area contributed by atoms with Crippen LogP contribution in [-0.2, 0) is 4.79 Å². The van der Waals surface area contributed by atoms with Gasteiger partial charge in [0.05, 0.1) is 5.70 Å². The molecule has 3 unspecified atom stereocenters. The summed E-state index contributed by atoms with van der Waals surface area (Å²) >= 11 is 8.13. The Balaban J connectivity index is 1.72. The number of carbonyl (C=O) groups excluding carboxylic acids is 1. The van der Waals surface area contributed by atoms with E-state index in [0.717, 1.165) is 44.0 Å². The van der Waals surface area contributed by atoms with Crippen LogP contribution in [0.15, 0.2) is 11.1 Å². The molecule has 3 atom stereocenters. The molecule has 1 saturated heterocycles. The van der Waals surface area contributed by atoms with Gasteiger partial charge in [0.25, 0.3) is 0 Å². The number of halogens is 1. The maximum absolute atomic E-state index is 12.7. The van der Waals surface area contributed by atoms with Crippen LogP contribution >= 0.6 is 23.4 Å². The van der Waals surface area contributed by atoms with Gasteiger partial charge in [0.1, 0.15) is 0 Å². The first kappa shape index (κ1) is 13.8. The smallest absolute Gasteiger partial charge is 0.183 e. The van der Waals surface area contributed by atoms with Crippen LogP contribution in [-0.4, -0.2) is 34.4 Å². The number of hydrogen-bond acceptors (Lipinski definition) is 3. The van der Waals surface area contributed by atoms with Gasteiger partial charge in [-0.3, -0.25) is 4.79 Å². The molecule has 3 rings (SSSR count). The number of rotatable bonds is 1. The standard InChI is InChI=1S/C15H22ClNOS/c1-10-4-6-17(7-5-10)13-9-19-14-3-2-11(16)8-12(14)15(13)18/h9-12,14H,2-8H2,1H3. The molecule has 0 spiro atoms. The summed E-state index contributed by atoms with van der Waals surface area (Å²) in [6.45, 7) is 4.39. The Morgan fingerprint density at radius 1 is 1.26 bits per heavy atom. The molecule has 0 aromatic rings. The molecule has 2 aliphatic heterocycles. The van der Waals surface area contributed by atoms with E-state index in [1.807, 2.05) is 11.8 Å². The molecule has 1 saturated carbocycles. The fraction of sp³-hybridized carbons (Fsp3) is 0.800. The minimum atomic E-state index is 0.167. The van der Waals surface area contributed by atoms with Crippen molar-refractivity contribution in [2.75, 3.05) is 13.1 Å². The molecule has 0 N–H and O–H groups in total. The van der Waals surface area contributed by atoms with Crippen molar-refractivity contribution in [2.24, 2.45) is 11.8 Å². The van der Waals surface area contributed by atoms with E-state index in [-0.39, 0.29) is 11.3 Å². The molecule has 3 aliphatic rings. The van der Waals surface area contributed by atoms with Crippen molar-refractivity contribution in [3.8, 4) is 0 Å². The predicted molar refractivity (Wildman–Crippen MR) is 81.4 cm³/mol. The summed E-state index contributed by atoms with van der Waals surface area (Å²) < 4.78 is 0. The van der Waals surface area contributed by atoms with E-state index in [0.29, 0.717) is 11.0 Å². The molecule has 0 radical (unpaired) electrons. The van der Waals surface area contributed by atoms with Gasteiger partial charge in [0, 0.05) is 29.6 Å². The van der Waals surface area contributed by atoms with Crippen LogP contribution in [0.3, 0.4) is 0 Å². The fourth-order valence-corrected chi connectivity index (χ4v) is 4.99. The van der Waals surface area contributed by atoms with E-state index >= 15 is 0 Å². The van der Waals surface area contributed by atoms with Crippen molar-refractivity contribution in [1.82, 2.24) is 4.90 Å². The van der Waals surface area contributed by atoms with Gasteiger partial charge in [0.2, 0.25) is 0 Å². The summed E-state index contributed by atoms with van der Waals surface area (Å²) in [5.41, 5.74) is 0.976. The van der Waals surface area contributed by atoms with E-state index in [1.54, 1.807) is 0 Å². The van der Waals surface area contributed by atoms with Gasteiger partial charge in [-0.15, -0.1) is 23.4 Å². The predicted octanol–water partition coefficient (Wildman–Crippen LogP) is 3.65. The third kappa shape index (κ3) is 2.82. The van der Waals surface area contributed by atoms with Gasteiger partial charge in [-0.05, 0) is 43.4 Å². The largest absolute Gasteiger partial charge is 0.368 e. The van der Waals surface area contributed by atoms with Gasteiger partial charge >= 0.3 is 0 Å². The highest BCUT2D eigenvalue weighted by molar-refractivity contribution is 8.02. The number of likely N-dealkylation sites (tertiary alicyclic amines) is 1. The molecule has 2 nitrogen and oxygen atoms in total. The Morgan fingerprint density at radius 2 is 2.00 bits per heavy atom. The topological polar surface area (TPSA) is 20.3 Å². The van der Waals surface area contributed by atoms with Crippen LogP contribution in [0.4, 0.5) is 0 Å². The number of ketones is 1. The highest BCUT2D eigenvalue weighted by Gasteiger charge is 2.40. The van der Waals surface area contributed by atoms with Gasteiger partial charge in [-0.2, -0.15) is 0 Å². The Bertz CT molecular complexity index is 390. The van der Waals surface area contributed by atoms with Crippen LogP contribution in [0.25, 0.3) is 0 Å². The van der Waals surface area contributed by atoms with Crippen molar-refractivity contribution in [3.63, 3.8) is 0 Å². The Hall–Kier alpha value is -0.150. The Labute approximate surface area is 124 Å². The Kier molecular flexibility index (Phi) is 4.14. The van der Waals surface area contributed by atoms with Crippen molar-refractivity contribution in [1.29, 1.82) is 0 Å². The zero-order valence-electron chi connectivity index (χ0n) is 11.5. The van der Waals surface area contributed by atoms with E-state index < -0.39 is 0 Å². The molecule has 0 aromatic heterocycles. The van der Waals surface area contributed by atoms with Crippen LogP contribution in [0.1, 0.15) is 39.0 Å². The number of Topliss-reactive ketones (excluding diaryl/α,β-unsaturated/α-hetero) is 1. The molecule has 1 aliphatic carbocycles. The van der Waals surface area contributed by atoms with Crippen molar-refractivity contribution >= 4 is 29.1 Å².